The summed E-state index contributed by atoms with van der Waals surface area (Å²) in [5.41, 5.74) is 5.07. The molecule has 40 heavy (non-hydrogen) atoms. The summed E-state index contributed by atoms with van der Waals surface area (Å²) in [7, 11) is 3.28. The maximum Gasteiger partial charge on any atom is 0.231 e. The van der Waals surface area contributed by atoms with Gasteiger partial charge in [-0.05, 0) is 53.9 Å². The van der Waals surface area contributed by atoms with Crippen LogP contribution in [0.4, 0.5) is 0 Å². The number of methoxy groups -OCH3 is 2. The molecule has 0 radical (unpaired) electrons. The van der Waals surface area contributed by atoms with Gasteiger partial charge in [0, 0.05) is 63.5 Å². The Bertz CT molecular complexity index is 1500. The van der Waals surface area contributed by atoms with E-state index in [9.17, 15) is 4.79 Å². The Kier molecular flexibility index (Phi) is 7.21. The van der Waals surface area contributed by atoms with E-state index in [-0.39, 0.29) is 18.6 Å². The van der Waals surface area contributed by atoms with Crippen molar-refractivity contribution in [2.45, 2.75) is 25.8 Å². The molecule has 1 atom stereocenters. The van der Waals surface area contributed by atoms with Crippen molar-refractivity contribution in [1.29, 1.82) is 0 Å². The number of nitrogens with zero attached hydrogens (tertiary/aromatic N) is 4. The maximum atomic E-state index is 13.8. The fraction of sp³-hybridized carbons (Fsp3) is 0.355. The van der Waals surface area contributed by atoms with Crippen molar-refractivity contribution in [2.75, 3.05) is 47.2 Å². The van der Waals surface area contributed by atoms with Crippen LogP contribution in [-0.2, 0) is 11.3 Å². The van der Waals surface area contributed by atoms with Crippen molar-refractivity contribution in [3.05, 3.63) is 83.3 Å². The van der Waals surface area contributed by atoms with Crippen LogP contribution in [0, 0.1) is 6.92 Å². The summed E-state index contributed by atoms with van der Waals surface area (Å²) >= 11 is 0. The first-order chi connectivity index (χ1) is 19.5. The predicted molar refractivity (Wildman–Crippen MR) is 150 cm³/mol. The van der Waals surface area contributed by atoms with E-state index in [0.29, 0.717) is 31.0 Å². The Hall–Kier alpha value is -4.24. The number of fused-ring (bicyclic) bond motifs is 2. The smallest absolute Gasteiger partial charge is 0.231 e. The first-order valence-electron chi connectivity index (χ1n) is 13.6. The number of hydrogen-bond donors (Lipinski definition) is 0. The Morgan fingerprint density at radius 2 is 1.73 bits per heavy atom. The standard InChI is InChI=1S/C31H34N4O5/c1-21-5-4-8-35-27(18-32-31(21)35)26(23-14-24(37-2)16-25(15-23)38-3)17-30(36)34-11-9-33(10-12-34)19-22-6-7-28-29(13-22)40-20-39-28/h4-8,13-16,18,26H,9-12,17,19-20H2,1-3H3. The number of amides is 1. The number of carbonyl (C=O) groups is 1. The van der Waals surface area contributed by atoms with Gasteiger partial charge in [0.15, 0.2) is 11.5 Å². The third-order valence-corrected chi connectivity index (χ3v) is 7.84. The number of aryl methyl sites for hydroxylation is 1. The Morgan fingerprint density at radius 1 is 0.975 bits per heavy atom. The van der Waals surface area contributed by atoms with E-state index in [0.717, 1.165) is 53.6 Å². The van der Waals surface area contributed by atoms with Crippen LogP contribution in [0.25, 0.3) is 5.65 Å². The fourth-order valence-electron chi connectivity index (χ4n) is 5.61. The molecule has 0 saturated carbocycles. The summed E-state index contributed by atoms with van der Waals surface area (Å²) in [5, 5.41) is 0. The first kappa shape index (κ1) is 26.0. The monoisotopic (exact) mass is 542 g/mol. The number of ether oxygens (including phenoxy) is 4. The van der Waals surface area contributed by atoms with Gasteiger partial charge in [-0.25, -0.2) is 4.98 Å². The van der Waals surface area contributed by atoms with Crippen LogP contribution in [0.5, 0.6) is 23.0 Å². The molecule has 2 aliphatic heterocycles. The largest absolute Gasteiger partial charge is 0.497 e. The van der Waals surface area contributed by atoms with Crippen LogP contribution < -0.4 is 18.9 Å². The van der Waals surface area contributed by atoms with Gasteiger partial charge in [-0.1, -0.05) is 12.1 Å². The molecule has 2 aromatic carbocycles. The molecule has 0 N–H and O–H groups in total. The molecule has 6 rings (SSSR count). The van der Waals surface area contributed by atoms with Crippen molar-refractivity contribution >= 4 is 11.6 Å². The molecular weight excluding hydrogens is 508 g/mol. The van der Waals surface area contributed by atoms with Crippen LogP contribution in [0.15, 0.2) is 60.9 Å². The summed E-state index contributed by atoms with van der Waals surface area (Å²) in [5.74, 6) is 2.87. The molecule has 1 saturated heterocycles. The minimum atomic E-state index is -0.222. The van der Waals surface area contributed by atoms with E-state index in [1.807, 2.05) is 66.7 Å². The van der Waals surface area contributed by atoms with Gasteiger partial charge in [0.25, 0.3) is 0 Å². The van der Waals surface area contributed by atoms with Gasteiger partial charge < -0.3 is 28.2 Å². The molecule has 4 heterocycles. The SMILES string of the molecule is COc1cc(OC)cc(C(CC(=O)N2CCN(Cc3ccc4c(c3)OCO4)CC2)c2cnc3c(C)cccn23)c1. The van der Waals surface area contributed by atoms with E-state index in [1.54, 1.807) is 14.2 Å². The molecule has 0 aliphatic carbocycles. The number of rotatable bonds is 8. The second-order valence-electron chi connectivity index (χ2n) is 10.3. The predicted octanol–water partition coefficient (Wildman–Crippen LogP) is 4.26. The minimum Gasteiger partial charge on any atom is -0.497 e. The van der Waals surface area contributed by atoms with Crippen LogP contribution in [-0.4, -0.2) is 72.3 Å². The molecule has 2 aliphatic rings. The quantitative estimate of drug-likeness (QED) is 0.329. The molecule has 1 unspecified atom stereocenters. The van der Waals surface area contributed by atoms with Gasteiger partial charge in [-0.3, -0.25) is 9.69 Å². The summed E-state index contributed by atoms with van der Waals surface area (Å²) in [4.78, 5) is 22.8. The van der Waals surface area contributed by atoms with Crippen LogP contribution in [0.2, 0.25) is 0 Å². The van der Waals surface area contributed by atoms with E-state index < -0.39 is 0 Å². The van der Waals surface area contributed by atoms with Crippen LogP contribution in [0.1, 0.15) is 34.7 Å². The van der Waals surface area contributed by atoms with Crippen molar-refractivity contribution in [3.8, 4) is 23.0 Å². The van der Waals surface area contributed by atoms with E-state index in [1.165, 1.54) is 5.56 Å². The number of piperazine rings is 1. The maximum absolute atomic E-state index is 13.8. The number of carbonyl (C=O) groups excluding carboxylic acids is 1. The molecule has 9 nitrogen and oxygen atoms in total. The topological polar surface area (TPSA) is 77.8 Å². The van der Waals surface area contributed by atoms with Crippen molar-refractivity contribution in [2.24, 2.45) is 0 Å². The molecule has 0 bridgehead atoms. The molecule has 1 amide bonds. The Labute approximate surface area is 233 Å². The second-order valence-corrected chi connectivity index (χ2v) is 10.3. The molecule has 2 aromatic heterocycles. The Balaban J connectivity index is 1.20. The highest BCUT2D eigenvalue weighted by Crippen LogP contribution is 2.35. The summed E-state index contributed by atoms with van der Waals surface area (Å²) in [6.07, 6.45) is 4.21. The fourth-order valence-corrected chi connectivity index (χ4v) is 5.61. The molecule has 208 valence electrons. The van der Waals surface area contributed by atoms with Crippen molar-refractivity contribution in [1.82, 2.24) is 19.2 Å². The molecule has 0 spiro atoms. The van der Waals surface area contributed by atoms with Crippen molar-refractivity contribution in [3.63, 3.8) is 0 Å². The minimum absolute atomic E-state index is 0.122. The van der Waals surface area contributed by atoms with Gasteiger partial charge >= 0.3 is 0 Å². The molecule has 9 heteroatoms. The lowest BCUT2D eigenvalue weighted by atomic mass is 9.91. The lowest BCUT2D eigenvalue weighted by Gasteiger charge is -2.35. The van der Waals surface area contributed by atoms with E-state index in [2.05, 4.69) is 15.4 Å². The highest BCUT2D eigenvalue weighted by atomic mass is 16.7. The molecule has 1 fully saturated rings. The van der Waals surface area contributed by atoms with Gasteiger partial charge in [-0.2, -0.15) is 0 Å². The average Bonchev–Trinajstić information content (AvgIpc) is 3.63. The summed E-state index contributed by atoms with van der Waals surface area (Å²) in [6.45, 7) is 6.13. The first-order valence-corrected chi connectivity index (χ1v) is 13.6. The second kappa shape index (κ2) is 11.1. The van der Waals surface area contributed by atoms with E-state index in [4.69, 9.17) is 23.9 Å². The number of hydrogen-bond acceptors (Lipinski definition) is 7. The summed E-state index contributed by atoms with van der Waals surface area (Å²) in [6, 6.07) is 16.0. The third kappa shape index (κ3) is 5.16. The zero-order valence-corrected chi connectivity index (χ0v) is 23.1. The van der Waals surface area contributed by atoms with Crippen LogP contribution >= 0.6 is 0 Å². The lowest BCUT2D eigenvalue weighted by Crippen LogP contribution is -2.48. The zero-order chi connectivity index (χ0) is 27.6. The van der Waals surface area contributed by atoms with Gasteiger partial charge in [-0.15, -0.1) is 0 Å². The number of aromatic nitrogens is 2. The van der Waals surface area contributed by atoms with Gasteiger partial charge in [0.05, 0.1) is 19.9 Å². The highest BCUT2D eigenvalue weighted by molar-refractivity contribution is 5.78. The Morgan fingerprint density at radius 3 is 2.48 bits per heavy atom. The van der Waals surface area contributed by atoms with Crippen LogP contribution in [0.3, 0.4) is 0 Å². The molecule has 4 aromatic rings. The highest BCUT2D eigenvalue weighted by Gasteiger charge is 2.28. The van der Waals surface area contributed by atoms with Gasteiger partial charge in [0.1, 0.15) is 17.1 Å². The molecular formula is C31H34N4O5. The van der Waals surface area contributed by atoms with E-state index >= 15 is 0 Å². The van der Waals surface area contributed by atoms with Crippen molar-refractivity contribution < 1.29 is 23.7 Å². The van der Waals surface area contributed by atoms with Gasteiger partial charge in [0.2, 0.25) is 12.7 Å². The number of benzene rings is 2. The summed E-state index contributed by atoms with van der Waals surface area (Å²) < 4.78 is 24.2. The number of pyridine rings is 1. The normalized spacial score (nSPS) is 15.8. The lowest BCUT2D eigenvalue weighted by molar-refractivity contribution is -0.133. The average molecular weight is 543 g/mol. The zero-order valence-electron chi connectivity index (χ0n) is 23.1. The third-order valence-electron chi connectivity index (χ3n) is 7.84. The number of imidazole rings is 1.